The molecule has 2 N–H and O–H groups in total. The van der Waals surface area contributed by atoms with E-state index in [4.69, 9.17) is 0 Å². The van der Waals surface area contributed by atoms with E-state index in [-0.39, 0.29) is 11.6 Å². The van der Waals surface area contributed by atoms with Crippen LogP contribution in [0.4, 0.5) is 5.69 Å². The maximum Gasteiger partial charge on any atom is 0.339 e. The van der Waals surface area contributed by atoms with Crippen molar-refractivity contribution in [1.82, 2.24) is 14.8 Å². The maximum atomic E-state index is 11.3. The molecular formula is C13H18N4O2. The van der Waals surface area contributed by atoms with Crippen molar-refractivity contribution in [1.29, 1.82) is 0 Å². The summed E-state index contributed by atoms with van der Waals surface area (Å²) in [5, 5.41) is 17.7. The minimum atomic E-state index is -0.983. The molecule has 0 aliphatic heterocycles. The van der Waals surface area contributed by atoms with Gasteiger partial charge in [-0.3, -0.25) is 4.68 Å². The van der Waals surface area contributed by atoms with Crippen LogP contribution < -0.4 is 5.32 Å². The van der Waals surface area contributed by atoms with Crippen molar-refractivity contribution in [3.05, 3.63) is 17.5 Å². The van der Waals surface area contributed by atoms with Gasteiger partial charge in [0.1, 0.15) is 5.56 Å². The Balaban J connectivity index is 2.72. The molecule has 2 aromatic heterocycles. The Morgan fingerprint density at radius 1 is 1.58 bits per heavy atom. The number of anilines is 1. The molecule has 0 aromatic carbocycles. The van der Waals surface area contributed by atoms with Crippen LogP contribution in [0.25, 0.3) is 11.0 Å². The number of aromatic carboxylic acids is 1. The van der Waals surface area contributed by atoms with E-state index in [0.717, 1.165) is 17.5 Å². The minimum Gasteiger partial charge on any atom is -0.478 e. The summed E-state index contributed by atoms with van der Waals surface area (Å²) in [6.45, 7) is 5.92. The highest BCUT2D eigenvalue weighted by Crippen LogP contribution is 2.29. The van der Waals surface area contributed by atoms with Crippen molar-refractivity contribution in [2.45, 2.75) is 33.2 Å². The Morgan fingerprint density at radius 2 is 2.26 bits per heavy atom. The molecule has 0 aliphatic rings. The van der Waals surface area contributed by atoms with Crippen LogP contribution in [0.2, 0.25) is 0 Å². The van der Waals surface area contributed by atoms with Crippen LogP contribution in [-0.4, -0.2) is 31.9 Å². The Morgan fingerprint density at radius 3 is 2.84 bits per heavy atom. The van der Waals surface area contributed by atoms with E-state index in [1.165, 1.54) is 6.20 Å². The zero-order chi connectivity index (χ0) is 14.2. The predicted octanol–water partition coefficient (Wildman–Crippen LogP) is 2.19. The molecule has 2 rings (SSSR count). The molecule has 0 bridgehead atoms. The number of carboxylic acids is 1. The number of carboxylic acid groups (broad SMARTS) is 1. The molecule has 0 aliphatic carbocycles. The van der Waals surface area contributed by atoms with Gasteiger partial charge in [-0.2, -0.15) is 5.10 Å². The lowest BCUT2D eigenvalue weighted by Gasteiger charge is -2.16. The lowest BCUT2D eigenvalue weighted by atomic mass is 10.1. The molecular weight excluding hydrogens is 244 g/mol. The summed E-state index contributed by atoms with van der Waals surface area (Å²) in [4.78, 5) is 15.5. The lowest BCUT2D eigenvalue weighted by molar-refractivity contribution is 0.0697. The van der Waals surface area contributed by atoms with Gasteiger partial charge < -0.3 is 10.4 Å². The second-order valence-electron chi connectivity index (χ2n) is 4.71. The molecule has 1 unspecified atom stereocenters. The standard InChI is InChI=1S/C13H18N4O2/c1-5-7(2)15-11-9(13(18)19)6-14-12-10(11)8(3)16-17(12)4/h6-7H,5H2,1-4H3,(H,14,15)(H,18,19). The first-order chi connectivity index (χ1) is 8.95. The van der Waals surface area contributed by atoms with E-state index in [0.29, 0.717) is 11.3 Å². The average Bonchev–Trinajstić information content (AvgIpc) is 2.65. The van der Waals surface area contributed by atoms with Gasteiger partial charge in [0.15, 0.2) is 5.65 Å². The van der Waals surface area contributed by atoms with Gasteiger partial charge in [-0.25, -0.2) is 9.78 Å². The summed E-state index contributed by atoms with van der Waals surface area (Å²) in [6, 6.07) is 0.184. The summed E-state index contributed by atoms with van der Waals surface area (Å²) >= 11 is 0. The van der Waals surface area contributed by atoms with Gasteiger partial charge in [0.2, 0.25) is 0 Å². The summed E-state index contributed by atoms with van der Waals surface area (Å²) < 4.78 is 1.66. The lowest BCUT2D eigenvalue weighted by Crippen LogP contribution is -2.17. The van der Waals surface area contributed by atoms with Crippen LogP contribution in [0.15, 0.2) is 6.20 Å². The molecule has 0 spiro atoms. The molecule has 0 saturated heterocycles. The number of pyridine rings is 1. The third kappa shape index (κ3) is 2.25. The van der Waals surface area contributed by atoms with Crippen LogP contribution in [0.5, 0.6) is 0 Å². The Bertz CT molecular complexity index is 633. The van der Waals surface area contributed by atoms with Crippen LogP contribution in [0, 0.1) is 6.92 Å². The van der Waals surface area contributed by atoms with E-state index in [1.807, 2.05) is 20.8 Å². The largest absolute Gasteiger partial charge is 0.478 e. The fraction of sp³-hybridized carbons (Fsp3) is 0.462. The van der Waals surface area contributed by atoms with E-state index in [2.05, 4.69) is 15.4 Å². The molecule has 6 nitrogen and oxygen atoms in total. The van der Waals surface area contributed by atoms with Crippen molar-refractivity contribution in [3.8, 4) is 0 Å². The van der Waals surface area contributed by atoms with E-state index < -0.39 is 5.97 Å². The molecule has 0 radical (unpaired) electrons. The van der Waals surface area contributed by atoms with E-state index in [9.17, 15) is 9.90 Å². The van der Waals surface area contributed by atoms with E-state index >= 15 is 0 Å². The van der Waals surface area contributed by atoms with Crippen molar-refractivity contribution in [2.75, 3.05) is 5.32 Å². The number of rotatable bonds is 4. The Hall–Kier alpha value is -2.11. The topological polar surface area (TPSA) is 80.0 Å². The SMILES string of the molecule is CCC(C)Nc1c(C(=O)O)cnc2c1c(C)nn2C. The fourth-order valence-electron chi connectivity index (χ4n) is 2.07. The number of hydrogen-bond acceptors (Lipinski definition) is 4. The number of nitrogens with zero attached hydrogens (tertiary/aromatic N) is 3. The first-order valence-corrected chi connectivity index (χ1v) is 6.27. The number of aromatic nitrogens is 3. The predicted molar refractivity (Wildman–Crippen MR) is 73.6 cm³/mol. The van der Waals surface area contributed by atoms with Gasteiger partial charge in [0.05, 0.1) is 16.8 Å². The van der Waals surface area contributed by atoms with Gasteiger partial charge >= 0.3 is 5.97 Å². The van der Waals surface area contributed by atoms with Crippen molar-refractivity contribution < 1.29 is 9.90 Å². The molecule has 2 heterocycles. The molecule has 19 heavy (non-hydrogen) atoms. The zero-order valence-corrected chi connectivity index (χ0v) is 11.6. The second-order valence-corrected chi connectivity index (χ2v) is 4.71. The normalized spacial score (nSPS) is 12.6. The molecule has 102 valence electrons. The number of carbonyl (C=O) groups is 1. The van der Waals surface area contributed by atoms with Crippen LogP contribution >= 0.6 is 0 Å². The molecule has 1 atom stereocenters. The number of aryl methyl sites for hydroxylation is 2. The minimum absolute atomic E-state index is 0.184. The third-order valence-corrected chi connectivity index (χ3v) is 3.26. The quantitative estimate of drug-likeness (QED) is 0.882. The molecule has 0 amide bonds. The third-order valence-electron chi connectivity index (χ3n) is 3.26. The molecule has 2 aromatic rings. The average molecular weight is 262 g/mol. The highest BCUT2D eigenvalue weighted by Gasteiger charge is 2.20. The molecule has 0 saturated carbocycles. The molecule has 6 heteroatoms. The van der Waals surface area contributed by atoms with E-state index in [1.54, 1.807) is 11.7 Å². The highest BCUT2D eigenvalue weighted by atomic mass is 16.4. The van der Waals surface area contributed by atoms with Crippen molar-refractivity contribution >= 4 is 22.7 Å². The fourth-order valence-corrected chi connectivity index (χ4v) is 2.07. The van der Waals surface area contributed by atoms with Crippen LogP contribution in [0.3, 0.4) is 0 Å². The van der Waals surface area contributed by atoms with Gasteiger partial charge in [0.25, 0.3) is 0 Å². The van der Waals surface area contributed by atoms with Gasteiger partial charge in [0, 0.05) is 19.3 Å². The van der Waals surface area contributed by atoms with Gasteiger partial charge in [-0.1, -0.05) is 6.92 Å². The monoisotopic (exact) mass is 262 g/mol. The van der Waals surface area contributed by atoms with Crippen LogP contribution in [-0.2, 0) is 7.05 Å². The summed E-state index contributed by atoms with van der Waals surface area (Å²) in [6.07, 6.45) is 2.29. The van der Waals surface area contributed by atoms with Crippen molar-refractivity contribution in [2.24, 2.45) is 7.05 Å². The smallest absolute Gasteiger partial charge is 0.339 e. The second kappa shape index (κ2) is 4.87. The summed E-state index contributed by atoms with van der Waals surface area (Å²) in [5.74, 6) is -0.983. The number of hydrogen-bond donors (Lipinski definition) is 2. The first-order valence-electron chi connectivity index (χ1n) is 6.27. The highest BCUT2D eigenvalue weighted by molar-refractivity contribution is 6.04. The number of fused-ring (bicyclic) bond motifs is 1. The van der Waals surface area contributed by atoms with Crippen LogP contribution in [0.1, 0.15) is 36.3 Å². The molecule has 0 fully saturated rings. The van der Waals surface area contributed by atoms with Gasteiger partial charge in [-0.15, -0.1) is 0 Å². The summed E-state index contributed by atoms with van der Waals surface area (Å²) in [5.41, 5.74) is 2.26. The van der Waals surface area contributed by atoms with Gasteiger partial charge in [-0.05, 0) is 20.3 Å². The number of nitrogens with one attached hydrogen (secondary N) is 1. The Kier molecular flexibility index (Phi) is 3.42. The maximum absolute atomic E-state index is 11.3. The Labute approximate surface area is 111 Å². The first kappa shape index (κ1) is 13.3. The van der Waals surface area contributed by atoms with Crippen molar-refractivity contribution in [3.63, 3.8) is 0 Å². The summed E-state index contributed by atoms with van der Waals surface area (Å²) in [7, 11) is 1.80. The zero-order valence-electron chi connectivity index (χ0n) is 11.6.